The first-order chi connectivity index (χ1) is 10.1. The fourth-order valence-electron chi connectivity index (χ4n) is 2.92. The number of ether oxygens (including phenoxy) is 2. The molecule has 2 aliphatic rings. The highest BCUT2D eigenvalue weighted by Crippen LogP contribution is 2.36. The molecule has 2 heterocycles. The highest BCUT2D eigenvalue weighted by Gasteiger charge is 2.30. The zero-order valence-corrected chi connectivity index (χ0v) is 12.8. The topological polar surface area (TPSA) is 59.0 Å². The summed E-state index contributed by atoms with van der Waals surface area (Å²) in [6, 6.07) is 6.23. The van der Waals surface area contributed by atoms with E-state index in [2.05, 4.69) is 11.8 Å². The summed E-state index contributed by atoms with van der Waals surface area (Å²) in [4.78, 5) is 13.3. The molecule has 0 aromatic heterocycles. The Morgan fingerprint density at radius 1 is 1.48 bits per heavy atom. The zero-order chi connectivity index (χ0) is 14.8. The monoisotopic (exact) mass is 309 g/mol. The van der Waals surface area contributed by atoms with Crippen LogP contribution >= 0.6 is 11.8 Å². The molecule has 1 aromatic carbocycles. The van der Waals surface area contributed by atoms with Crippen molar-refractivity contribution in [2.45, 2.75) is 25.4 Å². The number of carboxylic acid groups (broad SMARTS) is 1. The van der Waals surface area contributed by atoms with E-state index in [1.54, 1.807) is 0 Å². The second-order valence-electron chi connectivity index (χ2n) is 5.35. The van der Waals surface area contributed by atoms with Gasteiger partial charge in [-0.15, -0.1) is 0 Å². The van der Waals surface area contributed by atoms with Crippen LogP contribution in [0.15, 0.2) is 18.2 Å². The number of carboxylic acids is 1. The van der Waals surface area contributed by atoms with E-state index in [0.29, 0.717) is 0 Å². The third kappa shape index (κ3) is 3.11. The second kappa shape index (κ2) is 6.15. The highest BCUT2D eigenvalue weighted by atomic mass is 32.2. The number of aliphatic carboxylic acids is 1. The van der Waals surface area contributed by atoms with Crippen LogP contribution in [0.25, 0.3) is 0 Å². The summed E-state index contributed by atoms with van der Waals surface area (Å²) in [7, 11) is 0. The van der Waals surface area contributed by atoms with Gasteiger partial charge in [0, 0.05) is 30.1 Å². The van der Waals surface area contributed by atoms with Crippen LogP contribution in [0.5, 0.6) is 11.5 Å². The van der Waals surface area contributed by atoms with Gasteiger partial charge in [0.15, 0.2) is 11.5 Å². The lowest BCUT2D eigenvalue weighted by atomic mass is 10.0. The van der Waals surface area contributed by atoms with Crippen LogP contribution in [-0.2, 0) is 4.79 Å². The molecule has 5 nitrogen and oxygen atoms in total. The van der Waals surface area contributed by atoms with Crippen molar-refractivity contribution < 1.29 is 19.4 Å². The molecular weight excluding hydrogens is 290 g/mol. The van der Waals surface area contributed by atoms with Crippen LogP contribution < -0.4 is 9.47 Å². The van der Waals surface area contributed by atoms with E-state index in [-0.39, 0.29) is 25.3 Å². The molecule has 0 bridgehead atoms. The van der Waals surface area contributed by atoms with Crippen molar-refractivity contribution in [1.29, 1.82) is 0 Å². The lowest BCUT2D eigenvalue weighted by molar-refractivity contribution is -0.138. The van der Waals surface area contributed by atoms with Gasteiger partial charge in [0.2, 0.25) is 6.79 Å². The lowest BCUT2D eigenvalue weighted by Gasteiger charge is -2.39. The van der Waals surface area contributed by atoms with Gasteiger partial charge in [0.1, 0.15) is 0 Å². The number of rotatable bonds is 4. The molecule has 0 saturated carbocycles. The average Bonchev–Trinajstić information content (AvgIpc) is 2.94. The van der Waals surface area contributed by atoms with Crippen LogP contribution in [0.4, 0.5) is 0 Å². The number of nitrogens with zero attached hydrogens (tertiary/aromatic N) is 1. The minimum absolute atomic E-state index is 0.0849. The standard InChI is InChI=1S/C15H19NO4S/c1-10(11-2-3-13-14(6-11)20-9-19-13)16-4-5-21-8-12(16)7-15(17)18/h2-3,6,10,12H,4-5,7-9H2,1H3,(H,17,18). The van der Waals surface area contributed by atoms with Gasteiger partial charge in [0.25, 0.3) is 0 Å². The molecule has 3 rings (SSSR count). The van der Waals surface area contributed by atoms with Gasteiger partial charge in [0.05, 0.1) is 6.42 Å². The molecule has 0 aliphatic carbocycles. The van der Waals surface area contributed by atoms with Gasteiger partial charge >= 0.3 is 5.97 Å². The molecule has 21 heavy (non-hydrogen) atoms. The maximum atomic E-state index is 11.1. The highest BCUT2D eigenvalue weighted by molar-refractivity contribution is 7.99. The van der Waals surface area contributed by atoms with Crippen molar-refractivity contribution in [2.24, 2.45) is 0 Å². The third-order valence-corrected chi connectivity index (χ3v) is 5.15. The Hall–Kier alpha value is -1.40. The van der Waals surface area contributed by atoms with E-state index >= 15 is 0 Å². The number of hydrogen-bond donors (Lipinski definition) is 1. The fourth-order valence-corrected chi connectivity index (χ4v) is 4.01. The molecular formula is C15H19NO4S. The number of benzene rings is 1. The summed E-state index contributed by atoms with van der Waals surface area (Å²) in [6.07, 6.45) is 0.196. The SMILES string of the molecule is CC(c1ccc2c(c1)OCO2)N1CCSCC1CC(=O)O. The molecule has 2 aliphatic heterocycles. The van der Waals surface area contributed by atoms with Crippen LogP contribution in [0.2, 0.25) is 0 Å². The fraction of sp³-hybridized carbons (Fsp3) is 0.533. The molecule has 114 valence electrons. The lowest BCUT2D eigenvalue weighted by Crippen LogP contribution is -2.44. The normalized spacial score (nSPS) is 23.0. The van der Waals surface area contributed by atoms with Crippen LogP contribution in [-0.4, -0.2) is 46.9 Å². The van der Waals surface area contributed by atoms with Gasteiger partial charge in [-0.2, -0.15) is 11.8 Å². The van der Waals surface area contributed by atoms with E-state index in [1.165, 1.54) is 0 Å². The molecule has 2 unspecified atom stereocenters. The largest absolute Gasteiger partial charge is 0.481 e. The van der Waals surface area contributed by atoms with Gasteiger partial charge in [-0.1, -0.05) is 6.07 Å². The van der Waals surface area contributed by atoms with E-state index in [4.69, 9.17) is 14.6 Å². The molecule has 1 aromatic rings. The van der Waals surface area contributed by atoms with E-state index in [1.807, 2.05) is 30.0 Å². The van der Waals surface area contributed by atoms with Gasteiger partial charge in [-0.25, -0.2) is 0 Å². The third-order valence-electron chi connectivity index (χ3n) is 4.06. The quantitative estimate of drug-likeness (QED) is 0.921. The Balaban J connectivity index is 1.78. The minimum Gasteiger partial charge on any atom is -0.481 e. The van der Waals surface area contributed by atoms with E-state index in [9.17, 15) is 4.79 Å². The molecule has 0 amide bonds. The molecule has 2 atom stereocenters. The maximum absolute atomic E-state index is 11.1. The summed E-state index contributed by atoms with van der Waals surface area (Å²) >= 11 is 1.83. The number of fused-ring (bicyclic) bond motifs is 1. The average molecular weight is 309 g/mol. The number of thioether (sulfide) groups is 1. The first kappa shape index (κ1) is 14.5. The number of hydrogen-bond acceptors (Lipinski definition) is 5. The van der Waals surface area contributed by atoms with Crippen molar-refractivity contribution in [2.75, 3.05) is 24.8 Å². The Morgan fingerprint density at radius 2 is 2.29 bits per heavy atom. The number of carbonyl (C=O) groups is 1. The van der Waals surface area contributed by atoms with Crippen LogP contribution in [0, 0.1) is 0 Å². The van der Waals surface area contributed by atoms with Gasteiger partial charge in [-0.05, 0) is 24.6 Å². The summed E-state index contributed by atoms with van der Waals surface area (Å²) in [5.74, 6) is 2.75. The van der Waals surface area contributed by atoms with Gasteiger partial charge in [-0.3, -0.25) is 9.69 Å². The first-order valence-corrected chi connectivity index (χ1v) is 8.25. The first-order valence-electron chi connectivity index (χ1n) is 7.10. The zero-order valence-electron chi connectivity index (χ0n) is 11.9. The van der Waals surface area contributed by atoms with E-state index < -0.39 is 5.97 Å². The molecule has 0 radical (unpaired) electrons. The predicted molar refractivity (Wildman–Crippen MR) is 81.1 cm³/mol. The molecule has 6 heteroatoms. The van der Waals surface area contributed by atoms with Crippen LogP contribution in [0.1, 0.15) is 24.9 Å². The van der Waals surface area contributed by atoms with Crippen molar-refractivity contribution >= 4 is 17.7 Å². The smallest absolute Gasteiger partial charge is 0.304 e. The van der Waals surface area contributed by atoms with E-state index in [0.717, 1.165) is 35.1 Å². The summed E-state index contributed by atoms with van der Waals surface area (Å²) in [5.41, 5.74) is 1.14. The molecule has 0 spiro atoms. The second-order valence-corrected chi connectivity index (χ2v) is 6.50. The summed E-state index contributed by atoms with van der Waals surface area (Å²) in [5, 5.41) is 9.09. The maximum Gasteiger partial charge on any atom is 0.304 e. The summed E-state index contributed by atoms with van der Waals surface area (Å²) < 4.78 is 10.8. The molecule has 1 saturated heterocycles. The Kier molecular flexibility index (Phi) is 4.26. The Labute approximate surface area is 128 Å². The van der Waals surface area contributed by atoms with Gasteiger partial charge < -0.3 is 14.6 Å². The minimum atomic E-state index is -0.731. The Bertz CT molecular complexity index is 536. The summed E-state index contributed by atoms with van der Waals surface area (Å²) in [6.45, 7) is 3.32. The predicted octanol–water partition coefficient (Wildman–Crippen LogP) is 2.37. The Morgan fingerprint density at radius 3 is 3.10 bits per heavy atom. The van der Waals surface area contributed by atoms with Crippen molar-refractivity contribution in [3.8, 4) is 11.5 Å². The molecule has 1 fully saturated rings. The van der Waals surface area contributed by atoms with Crippen molar-refractivity contribution in [3.63, 3.8) is 0 Å². The van der Waals surface area contributed by atoms with Crippen molar-refractivity contribution in [1.82, 2.24) is 4.90 Å². The van der Waals surface area contributed by atoms with Crippen molar-refractivity contribution in [3.05, 3.63) is 23.8 Å². The van der Waals surface area contributed by atoms with Crippen LogP contribution in [0.3, 0.4) is 0 Å². The molecule has 1 N–H and O–H groups in total.